The molecule has 0 N–H and O–H groups in total. The third kappa shape index (κ3) is 5.42. The lowest BCUT2D eigenvalue weighted by molar-refractivity contribution is -0.152. The molecule has 0 aliphatic carbocycles. The molecule has 180 valence electrons. The highest BCUT2D eigenvalue weighted by molar-refractivity contribution is 6.30. The van der Waals surface area contributed by atoms with Gasteiger partial charge < -0.3 is 9.47 Å². The molecular weight excluding hydrogens is 454 g/mol. The zero-order valence-electron chi connectivity index (χ0n) is 19.6. The lowest BCUT2D eigenvalue weighted by atomic mass is 9.98. The van der Waals surface area contributed by atoms with Crippen molar-refractivity contribution in [3.05, 3.63) is 64.7 Å². The van der Waals surface area contributed by atoms with Crippen LogP contribution in [0.15, 0.2) is 53.6 Å². The summed E-state index contributed by atoms with van der Waals surface area (Å²) in [6.45, 7) is 2.92. The Morgan fingerprint density at radius 2 is 1.94 bits per heavy atom. The summed E-state index contributed by atoms with van der Waals surface area (Å²) in [6, 6.07) is 14.5. The van der Waals surface area contributed by atoms with Crippen LogP contribution in [0.25, 0.3) is 0 Å². The Morgan fingerprint density at radius 3 is 2.68 bits per heavy atom. The zero-order chi connectivity index (χ0) is 24.1. The molecule has 8 heteroatoms. The molecule has 2 aliphatic rings. The van der Waals surface area contributed by atoms with Crippen molar-refractivity contribution in [2.45, 2.75) is 44.7 Å². The van der Waals surface area contributed by atoms with Gasteiger partial charge in [0.1, 0.15) is 11.8 Å². The van der Waals surface area contributed by atoms with Crippen molar-refractivity contribution in [3.8, 4) is 5.75 Å². The van der Waals surface area contributed by atoms with Crippen LogP contribution in [0.3, 0.4) is 0 Å². The smallest absolute Gasteiger partial charge is 0.323 e. The average Bonchev–Trinajstić information content (AvgIpc) is 3.31. The molecule has 2 aromatic carbocycles. The second kappa shape index (κ2) is 11.0. The van der Waals surface area contributed by atoms with Crippen molar-refractivity contribution in [2.24, 2.45) is 5.10 Å². The summed E-state index contributed by atoms with van der Waals surface area (Å²) in [4.78, 5) is 28.0. The molecule has 1 amide bonds. The van der Waals surface area contributed by atoms with E-state index in [2.05, 4.69) is 0 Å². The topological polar surface area (TPSA) is 71.4 Å². The van der Waals surface area contributed by atoms with Crippen LogP contribution in [0, 0.1) is 0 Å². The number of carbonyl (C=O) groups is 2. The fourth-order valence-corrected chi connectivity index (χ4v) is 4.72. The van der Waals surface area contributed by atoms with Crippen molar-refractivity contribution < 1.29 is 19.1 Å². The molecule has 1 fully saturated rings. The second-order valence-corrected chi connectivity index (χ2v) is 8.96. The van der Waals surface area contributed by atoms with Gasteiger partial charge in [-0.05, 0) is 56.1 Å². The predicted octanol–water partition coefficient (Wildman–Crippen LogP) is 4.44. The van der Waals surface area contributed by atoms with Crippen LogP contribution in [0.2, 0.25) is 5.02 Å². The predicted molar refractivity (Wildman–Crippen MR) is 131 cm³/mol. The van der Waals surface area contributed by atoms with Gasteiger partial charge in [0, 0.05) is 17.0 Å². The van der Waals surface area contributed by atoms with Crippen LogP contribution in [-0.4, -0.2) is 60.3 Å². The third-order valence-electron chi connectivity index (χ3n) is 6.33. The SMILES string of the molecule is CCOC(=O)C1CCCCN1CC(=O)N1N=C(c2cccc(OC)c2)CC1c1ccc(Cl)cc1. The van der Waals surface area contributed by atoms with Crippen molar-refractivity contribution in [2.75, 3.05) is 26.8 Å². The van der Waals surface area contributed by atoms with E-state index in [0.29, 0.717) is 31.0 Å². The highest BCUT2D eigenvalue weighted by Crippen LogP contribution is 2.34. The molecule has 2 atom stereocenters. The maximum absolute atomic E-state index is 13.6. The molecule has 0 spiro atoms. The van der Waals surface area contributed by atoms with Gasteiger partial charge in [-0.1, -0.05) is 42.3 Å². The number of nitrogens with zero attached hydrogens (tertiary/aromatic N) is 3. The van der Waals surface area contributed by atoms with Crippen molar-refractivity contribution in [1.82, 2.24) is 9.91 Å². The molecule has 34 heavy (non-hydrogen) atoms. The first-order chi connectivity index (χ1) is 16.5. The molecule has 0 radical (unpaired) electrons. The van der Waals surface area contributed by atoms with Gasteiger partial charge in [0.25, 0.3) is 5.91 Å². The van der Waals surface area contributed by atoms with Crippen LogP contribution in [0.4, 0.5) is 0 Å². The first kappa shape index (κ1) is 24.2. The minimum Gasteiger partial charge on any atom is -0.497 e. The van der Waals surface area contributed by atoms with E-state index < -0.39 is 6.04 Å². The van der Waals surface area contributed by atoms with Crippen LogP contribution < -0.4 is 4.74 Å². The van der Waals surface area contributed by atoms with E-state index in [1.807, 2.05) is 53.4 Å². The van der Waals surface area contributed by atoms with Gasteiger partial charge in [0.05, 0.1) is 32.0 Å². The normalized spacial score (nSPS) is 20.7. The first-order valence-electron chi connectivity index (χ1n) is 11.7. The van der Waals surface area contributed by atoms with E-state index in [1.165, 1.54) is 0 Å². The Morgan fingerprint density at radius 1 is 1.15 bits per heavy atom. The molecule has 7 nitrogen and oxygen atoms in total. The fourth-order valence-electron chi connectivity index (χ4n) is 4.59. The average molecular weight is 484 g/mol. The fraction of sp³-hybridized carbons (Fsp3) is 0.423. The monoisotopic (exact) mass is 483 g/mol. The number of hydrogen-bond acceptors (Lipinski definition) is 6. The van der Waals surface area contributed by atoms with Gasteiger partial charge >= 0.3 is 5.97 Å². The highest BCUT2D eigenvalue weighted by Gasteiger charge is 2.37. The Labute approximate surface area is 205 Å². The van der Waals surface area contributed by atoms with E-state index >= 15 is 0 Å². The van der Waals surface area contributed by atoms with Gasteiger partial charge in [-0.2, -0.15) is 5.10 Å². The number of hydrogen-bond donors (Lipinski definition) is 0. The number of piperidine rings is 1. The Kier molecular flexibility index (Phi) is 7.85. The molecular formula is C26H30ClN3O4. The minimum atomic E-state index is -0.393. The lowest BCUT2D eigenvalue weighted by Crippen LogP contribution is -2.49. The molecule has 0 aromatic heterocycles. The van der Waals surface area contributed by atoms with Crippen molar-refractivity contribution in [1.29, 1.82) is 0 Å². The van der Waals surface area contributed by atoms with E-state index in [1.54, 1.807) is 19.0 Å². The number of likely N-dealkylation sites (tertiary alicyclic amines) is 1. The number of rotatable bonds is 7. The number of amides is 1. The maximum Gasteiger partial charge on any atom is 0.323 e. The number of esters is 1. The summed E-state index contributed by atoms with van der Waals surface area (Å²) in [5.74, 6) is 0.332. The van der Waals surface area contributed by atoms with Gasteiger partial charge in [-0.15, -0.1) is 0 Å². The Hall–Kier alpha value is -2.90. The zero-order valence-corrected chi connectivity index (χ0v) is 20.3. The summed E-state index contributed by atoms with van der Waals surface area (Å²) in [5.41, 5.74) is 2.68. The van der Waals surface area contributed by atoms with Crippen LogP contribution in [-0.2, 0) is 14.3 Å². The van der Waals surface area contributed by atoms with Gasteiger partial charge in [0.15, 0.2) is 0 Å². The molecule has 2 unspecified atom stereocenters. The summed E-state index contributed by atoms with van der Waals surface area (Å²) in [6.07, 6.45) is 3.17. The quantitative estimate of drug-likeness (QED) is 0.544. The molecule has 2 aromatic rings. The lowest BCUT2D eigenvalue weighted by Gasteiger charge is -2.34. The van der Waals surface area contributed by atoms with Gasteiger partial charge in [-0.3, -0.25) is 14.5 Å². The molecule has 4 rings (SSSR count). The van der Waals surface area contributed by atoms with E-state index in [4.69, 9.17) is 26.2 Å². The molecule has 0 saturated carbocycles. The molecule has 2 heterocycles. The van der Waals surface area contributed by atoms with E-state index in [9.17, 15) is 9.59 Å². The van der Waals surface area contributed by atoms with Gasteiger partial charge in [-0.25, -0.2) is 5.01 Å². The van der Waals surface area contributed by atoms with Crippen LogP contribution in [0.1, 0.15) is 49.8 Å². The Bertz CT molecular complexity index is 1060. The molecule has 0 bridgehead atoms. The van der Waals surface area contributed by atoms with Crippen LogP contribution in [0.5, 0.6) is 5.75 Å². The number of halogens is 1. The van der Waals surface area contributed by atoms with E-state index in [-0.39, 0.29) is 24.5 Å². The highest BCUT2D eigenvalue weighted by atomic mass is 35.5. The van der Waals surface area contributed by atoms with Crippen molar-refractivity contribution >= 4 is 29.2 Å². The number of hydrazone groups is 1. The minimum absolute atomic E-state index is 0.114. The standard InChI is InChI=1S/C26H30ClN3O4/c1-3-34-26(32)23-9-4-5-14-29(23)17-25(31)30-24(18-10-12-20(27)13-11-18)16-22(28-30)19-7-6-8-21(15-19)33-2/h6-8,10-13,15,23-24H,3-5,9,14,16-17H2,1-2H3. The largest absolute Gasteiger partial charge is 0.497 e. The summed E-state index contributed by atoms with van der Waals surface area (Å²) >= 11 is 6.10. The summed E-state index contributed by atoms with van der Waals surface area (Å²) < 4.78 is 10.6. The van der Waals surface area contributed by atoms with Crippen molar-refractivity contribution in [3.63, 3.8) is 0 Å². The Balaban J connectivity index is 1.60. The molecule has 1 saturated heterocycles. The number of carbonyl (C=O) groups excluding carboxylic acids is 2. The first-order valence-corrected chi connectivity index (χ1v) is 12.1. The summed E-state index contributed by atoms with van der Waals surface area (Å²) in [7, 11) is 1.63. The molecule has 2 aliphatic heterocycles. The second-order valence-electron chi connectivity index (χ2n) is 8.52. The number of ether oxygens (including phenoxy) is 2. The number of methoxy groups -OCH3 is 1. The number of benzene rings is 2. The van der Waals surface area contributed by atoms with Gasteiger partial charge in [0.2, 0.25) is 0 Å². The third-order valence-corrected chi connectivity index (χ3v) is 6.59. The summed E-state index contributed by atoms with van der Waals surface area (Å²) in [5, 5.41) is 6.96. The maximum atomic E-state index is 13.6. The van der Waals surface area contributed by atoms with Crippen LogP contribution >= 0.6 is 11.6 Å². The van der Waals surface area contributed by atoms with E-state index in [0.717, 1.165) is 35.4 Å².